The van der Waals surface area contributed by atoms with Gasteiger partial charge in [-0.3, -0.25) is 0 Å². The number of benzene rings is 1. The summed E-state index contributed by atoms with van der Waals surface area (Å²) in [7, 11) is 1.88. The van der Waals surface area contributed by atoms with E-state index in [1.54, 1.807) is 6.92 Å². The van der Waals surface area contributed by atoms with E-state index in [1.165, 1.54) is 0 Å². The predicted octanol–water partition coefficient (Wildman–Crippen LogP) is 2.87. The van der Waals surface area contributed by atoms with Crippen molar-refractivity contribution in [1.29, 1.82) is 0 Å². The minimum Gasteiger partial charge on any atom is -0.480 e. The van der Waals surface area contributed by atoms with Crippen molar-refractivity contribution in [2.24, 2.45) is 0 Å². The zero-order chi connectivity index (χ0) is 13.5. The summed E-state index contributed by atoms with van der Waals surface area (Å²) in [6.45, 7) is 2.77. The van der Waals surface area contributed by atoms with Gasteiger partial charge in [-0.15, -0.1) is 0 Å². The van der Waals surface area contributed by atoms with Gasteiger partial charge in [0.05, 0.1) is 15.6 Å². The molecule has 0 saturated carbocycles. The largest absolute Gasteiger partial charge is 0.480 e. The Labute approximate surface area is 123 Å². The smallest absolute Gasteiger partial charge is 0.344 e. The van der Waals surface area contributed by atoms with Crippen LogP contribution in [0.3, 0.4) is 0 Å². The van der Waals surface area contributed by atoms with Crippen LogP contribution in [-0.4, -0.2) is 26.2 Å². The van der Waals surface area contributed by atoms with Crippen LogP contribution in [0.5, 0.6) is 5.75 Å². The molecule has 0 radical (unpaired) electrons. The number of carbonyl (C=O) groups is 1. The Kier molecular flexibility index (Phi) is 6.67. The molecule has 0 amide bonds. The Bertz CT molecular complexity index is 401. The van der Waals surface area contributed by atoms with E-state index >= 15 is 0 Å². The van der Waals surface area contributed by atoms with Crippen molar-refractivity contribution in [3.63, 3.8) is 0 Å². The molecule has 1 rings (SSSR count). The molecule has 0 aliphatic carbocycles. The topological polar surface area (TPSA) is 47.6 Å². The van der Waals surface area contributed by atoms with Gasteiger partial charge in [0.15, 0.2) is 6.61 Å². The average molecular weight is 381 g/mol. The molecule has 18 heavy (non-hydrogen) atoms. The highest BCUT2D eigenvalue weighted by Gasteiger charge is 2.11. The SMILES string of the molecule is CCOC(=O)COc1c(Br)cc(CNC)cc1Br. The number of hydrogen-bond donors (Lipinski definition) is 1. The molecule has 1 N–H and O–H groups in total. The fourth-order valence-corrected chi connectivity index (χ4v) is 2.90. The Balaban J connectivity index is 2.74. The summed E-state index contributed by atoms with van der Waals surface area (Å²) >= 11 is 6.84. The molecule has 4 nitrogen and oxygen atoms in total. The summed E-state index contributed by atoms with van der Waals surface area (Å²) < 4.78 is 11.8. The number of ether oxygens (including phenoxy) is 2. The fraction of sp³-hybridized carbons (Fsp3) is 0.417. The molecule has 0 aliphatic rings. The molecule has 0 spiro atoms. The molecule has 0 bridgehead atoms. The normalized spacial score (nSPS) is 10.2. The fourth-order valence-electron chi connectivity index (χ4n) is 1.39. The first kappa shape index (κ1) is 15.5. The number of halogens is 2. The van der Waals surface area contributed by atoms with E-state index in [2.05, 4.69) is 37.2 Å². The summed E-state index contributed by atoms with van der Waals surface area (Å²) in [6, 6.07) is 3.89. The molecule has 100 valence electrons. The maximum atomic E-state index is 11.2. The molecule has 0 atom stereocenters. The van der Waals surface area contributed by atoms with E-state index in [-0.39, 0.29) is 12.6 Å². The van der Waals surface area contributed by atoms with Crippen molar-refractivity contribution >= 4 is 37.8 Å². The highest BCUT2D eigenvalue weighted by Crippen LogP contribution is 2.34. The van der Waals surface area contributed by atoms with Crippen LogP contribution in [0.25, 0.3) is 0 Å². The van der Waals surface area contributed by atoms with Crippen molar-refractivity contribution in [3.8, 4) is 5.75 Å². The van der Waals surface area contributed by atoms with Crippen LogP contribution in [0.15, 0.2) is 21.1 Å². The monoisotopic (exact) mass is 379 g/mol. The van der Waals surface area contributed by atoms with Crippen molar-refractivity contribution < 1.29 is 14.3 Å². The maximum Gasteiger partial charge on any atom is 0.344 e. The molecule has 0 unspecified atom stereocenters. The summed E-state index contributed by atoms with van der Waals surface area (Å²) in [5.41, 5.74) is 1.11. The molecular weight excluding hydrogens is 366 g/mol. The third kappa shape index (κ3) is 4.59. The Morgan fingerprint density at radius 2 is 1.94 bits per heavy atom. The van der Waals surface area contributed by atoms with E-state index < -0.39 is 0 Å². The average Bonchev–Trinajstić information content (AvgIpc) is 2.28. The van der Waals surface area contributed by atoms with Gasteiger partial charge in [-0.05, 0) is 63.5 Å². The lowest BCUT2D eigenvalue weighted by molar-refractivity contribution is -0.145. The van der Waals surface area contributed by atoms with Gasteiger partial charge in [0, 0.05) is 6.54 Å². The molecule has 0 aromatic heterocycles. The van der Waals surface area contributed by atoms with Gasteiger partial charge in [-0.1, -0.05) is 0 Å². The van der Waals surface area contributed by atoms with E-state index in [0.717, 1.165) is 21.1 Å². The molecule has 1 aromatic rings. The first-order valence-corrected chi connectivity index (χ1v) is 7.08. The van der Waals surface area contributed by atoms with Crippen LogP contribution in [0.2, 0.25) is 0 Å². The van der Waals surface area contributed by atoms with Gasteiger partial charge >= 0.3 is 5.97 Å². The standard InChI is InChI=1S/C12H15Br2NO3/c1-3-17-11(16)7-18-12-9(13)4-8(6-15-2)5-10(12)14/h4-5,15H,3,6-7H2,1-2H3. The van der Waals surface area contributed by atoms with Crippen molar-refractivity contribution in [1.82, 2.24) is 5.32 Å². The second kappa shape index (κ2) is 7.76. The lowest BCUT2D eigenvalue weighted by Gasteiger charge is -2.11. The minimum atomic E-state index is -0.379. The summed E-state index contributed by atoms with van der Waals surface area (Å²) in [4.78, 5) is 11.2. The van der Waals surface area contributed by atoms with Crippen LogP contribution in [-0.2, 0) is 16.1 Å². The number of rotatable bonds is 6. The predicted molar refractivity (Wildman–Crippen MR) is 76.7 cm³/mol. The van der Waals surface area contributed by atoms with Gasteiger partial charge < -0.3 is 14.8 Å². The number of esters is 1. The minimum absolute atomic E-state index is 0.101. The quantitative estimate of drug-likeness (QED) is 0.771. The number of hydrogen-bond acceptors (Lipinski definition) is 4. The number of nitrogens with one attached hydrogen (secondary N) is 1. The summed E-state index contributed by atoms with van der Waals surface area (Å²) in [5.74, 6) is 0.221. The zero-order valence-corrected chi connectivity index (χ0v) is 13.4. The lowest BCUT2D eigenvalue weighted by atomic mass is 10.2. The molecular formula is C12H15Br2NO3. The van der Waals surface area contributed by atoms with Crippen LogP contribution >= 0.6 is 31.9 Å². The molecule has 0 heterocycles. The molecule has 6 heteroatoms. The van der Waals surface area contributed by atoms with Gasteiger partial charge in [0.1, 0.15) is 5.75 Å². The Morgan fingerprint density at radius 3 is 2.44 bits per heavy atom. The highest BCUT2D eigenvalue weighted by atomic mass is 79.9. The van der Waals surface area contributed by atoms with E-state index in [1.807, 2.05) is 19.2 Å². The van der Waals surface area contributed by atoms with Crippen LogP contribution in [0.1, 0.15) is 12.5 Å². The lowest BCUT2D eigenvalue weighted by Crippen LogP contribution is -2.15. The second-order valence-corrected chi connectivity index (χ2v) is 5.22. The van der Waals surface area contributed by atoms with Gasteiger partial charge in [-0.25, -0.2) is 4.79 Å². The van der Waals surface area contributed by atoms with Crippen molar-refractivity contribution in [2.45, 2.75) is 13.5 Å². The Hall–Kier alpha value is -0.590. The van der Waals surface area contributed by atoms with Gasteiger partial charge in [0.25, 0.3) is 0 Å². The zero-order valence-electron chi connectivity index (χ0n) is 10.3. The third-order valence-electron chi connectivity index (χ3n) is 2.08. The summed E-state index contributed by atoms with van der Waals surface area (Å²) in [5, 5.41) is 3.07. The van der Waals surface area contributed by atoms with Crippen molar-refractivity contribution in [3.05, 3.63) is 26.6 Å². The van der Waals surface area contributed by atoms with Gasteiger partial charge in [0.2, 0.25) is 0 Å². The highest BCUT2D eigenvalue weighted by molar-refractivity contribution is 9.11. The summed E-state index contributed by atoms with van der Waals surface area (Å²) in [6.07, 6.45) is 0. The van der Waals surface area contributed by atoms with Gasteiger partial charge in [-0.2, -0.15) is 0 Å². The first-order valence-electron chi connectivity index (χ1n) is 5.49. The number of carbonyl (C=O) groups excluding carboxylic acids is 1. The third-order valence-corrected chi connectivity index (χ3v) is 3.26. The van der Waals surface area contributed by atoms with E-state index in [4.69, 9.17) is 9.47 Å². The van der Waals surface area contributed by atoms with E-state index in [0.29, 0.717) is 12.4 Å². The van der Waals surface area contributed by atoms with Crippen LogP contribution < -0.4 is 10.1 Å². The first-order chi connectivity index (χ1) is 8.58. The van der Waals surface area contributed by atoms with Crippen LogP contribution in [0, 0.1) is 0 Å². The van der Waals surface area contributed by atoms with E-state index in [9.17, 15) is 4.79 Å². The maximum absolute atomic E-state index is 11.2. The Morgan fingerprint density at radius 1 is 1.33 bits per heavy atom. The second-order valence-electron chi connectivity index (χ2n) is 3.51. The van der Waals surface area contributed by atoms with Crippen molar-refractivity contribution in [2.75, 3.05) is 20.3 Å². The molecule has 0 saturated heterocycles. The molecule has 1 aromatic carbocycles. The molecule has 0 aliphatic heterocycles. The molecule has 0 fully saturated rings. The van der Waals surface area contributed by atoms with Crippen LogP contribution in [0.4, 0.5) is 0 Å².